The first-order valence-corrected chi connectivity index (χ1v) is 6.83. The monoisotopic (exact) mass is 250 g/mol. The van der Waals surface area contributed by atoms with Crippen LogP contribution < -0.4 is 10.2 Å². The molecule has 1 aromatic heterocycles. The maximum Gasteiger partial charge on any atom is 0.137 e. The topological polar surface area (TPSA) is 41.1 Å². The van der Waals surface area contributed by atoms with Gasteiger partial charge in [-0.1, -0.05) is 13.3 Å². The molecule has 1 unspecified atom stereocenters. The number of nitrogens with one attached hydrogen (secondary N) is 1. The van der Waals surface area contributed by atoms with E-state index in [2.05, 4.69) is 54.9 Å². The Bertz CT molecular complexity index is 390. The summed E-state index contributed by atoms with van der Waals surface area (Å²) in [7, 11) is 2.12. The van der Waals surface area contributed by atoms with Crippen LogP contribution in [0.2, 0.25) is 0 Å². The fraction of sp³-hybridized carbons (Fsp3) is 0.714. The van der Waals surface area contributed by atoms with Gasteiger partial charge in [-0.2, -0.15) is 0 Å². The molecule has 0 saturated carbocycles. The predicted octanol–water partition coefficient (Wildman–Crippen LogP) is 3.15. The lowest BCUT2D eigenvalue weighted by Crippen LogP contribution is -2.30. The van der Waals surface area contributed by atoms with Crippen molar-refractivity contribution in [2.45, 2.75) is 53.5 Å². The van der Waals surface area contributed by atoms with Gasteiger partial charge in [0.1, 0.15) is 17.5 Å². The lowest BCUT2D eigenvalue weighted by molar-refractivity contribution is 0.609. The summed E-state index contributed by atoms with van der Waals surface area (Å²) < 4.78 is 0. The van der Waals surface area contributed by atoms with Crippen molar-refractivity contribution < 1.29 is 0 Å². The first-order chi connectivity index (χ1) is 8.51. The van der Waals surface area contributed by atoms with Gasteiger partial charge < -0.3 is 10.2 Å². The Labute approximate surface area is 111 Å². The number of anilines is 2. The molecule has 1 heterocycles. The standard InChI is InChI=1S/C14H26N4/c1-7-9-10(3)18(6)14-11(4)13(15-8-2)16-12(5)17-14/h10H,7-9H2,1-6H3,(H,15,16,17). The maximum atomic E-state index is 4.59. The lowest BCUT2D eigenvalue weighted by Gasteiger charge is -2.28. The van der Waals surface area contributed by atoms with Gasteiger partial charge in [0.2, 0.25) is 0 Å². The molecule has 102 valence electrons. The van der Waals surface area contributed by atoms with Crippen molar-refractivity contribution in [2.75, 3.05) is 23.8 Å². The number of aryl methyl sites for hydroxylation is 1. The molecule has 4 nitrogen and oxygen atoms in total. The van der Waals surface area contributed by atoms with Crippen molar-refractivity contribution in [3.63, 3.8) is 0 Å². The third kappa shape index (κ3) is 3.34. The van der Waals surface area contributed by atoms with Crippen molar-refractivity contribution in [3.05, 3.63) is 11.4 Å². The smallest absolute Gasteiger partial charge is 0.137 e. The van der Waals surface area contributed by atoms with Crippen LogP contribution in [0, 0.1) is 13.8 Å². The highest BCUT2D eigenvalue weighted by Crippen LogP contribution is 2.24. The molecule has 0 saturated heterocycles. The molecular formula is C14H26N4. The second kappa shape index (κ2) is 6.57. The molecule has 0 aliphatic rings. The van der Waals surface area contributed by atoms with Crippen LogP contribution in [0.3, 0.4) is 0 Å². The average Bonchev–Trinajstić information content (AvgIpc) is 2.33. The normalized spacial score (nSPS) is 12.3. The third-order valence-corrected chi connectivity index (χ3v) is 3.28. The molecule has 0 radical (unpaired) electrons. The van der Waals surface area contributed by atoms with Gasteiger partial charge in [-0.3, -0.25) is 0 Å². The Morgan fingerprint density at radius 3 is 2.44 bits per heavy atom. The summed E-state index contributed by atoms with van der Waals surface area (Å²) in [6.07, 6.45) is 2.37. The maximum absolute atomic E-state index is 4.59. The molecule has 18 heavy (non-hydrogen) atoms. The first-order valence-electron chi connectivity index (χ1n) is 6.83. The minimum atomic E-state index is 0.498. The van der Waals surface area contributed by atoms with E-state index in [1.54, 1.807) is 0 Å². The Balaban J connectivity index is 3.07. The van der Waals surface area contributed by atoms with Crippen LogP contribution in [0.15, 0.2) is 0 Å². The molecule has 1 rings (SSSR count). The highest BCUT2D eigenvalue weighted by molar-refractivity contribution is 5.58. The zero-order chi connectivity index (χ0) is 13.7. The van der Waals surface area contributed by atoms with Crippen LogP contribution in [-0.4, -0.2) is 29.6 Å². The molecule has 0 aliphatic heterocycles. The zero-order valence-corrected chi connectivity index (χ0v) is 12.5. The van der Waals surface area contributed by atoms with Crippen LogP contribution in [0.1, 0.15) is 45.0 Å². The van der Waals surface area contributed by atoms with Crippen molar-refractivity contribution in [3.8, 4) is 0 Å². The van der Waals surface area contributed by atoms with E-state index in [4.69, 9.17) is 0 Å². The van der Waals surface area contributed by atoms with E-state index in [9.17, 15) is 0 Å². The Hall–Kier alpha value is -1.32. The average molecular weight is 250 g/mol. The molecule has 0 bridgehead atoms. The van der Waals surface area contributed by atoms with Crippen LogP contribution in [0.25, 0.3) is 0 Å². The predicted molar refractivity (Wildman–Crippen MR) is 78.4 cm³/mol. The Kier molecular flexibility index (Phi) is 5.38. The highest BCUT2D eigenvalue weighted by Gasteiger charge is 2.16. The summed E-state index contributed by atoms with van der Waals surface area (Å²) >= 11 is 0. The third-order valence-electron chi connectivity index (χ3n) is 3.28. The number of rotatable bonds is 6. The molecule has 0 fully saturated rings. The Morgan fingerprint density at radius 2 is 1.89 bits per heavy atom. The molecule has 1 aromatic rings. The number of nitrogens with zero attached hydrogens (tertiary/aromatic N) is 3. The van der Waals surface area contributed by atoms with E-state index in [1.807, 2.05) is 6.92 Å². The summed E-state index contributed by atoms with van der Waals surface area (Å²) in [5.74, 6) is 2.82. The van der Waals surface area contributed by atoms with Gasteiger partial charge in [-0.05, 0) is 34.1 Å². The molecule has 0 aliphatic carbocycles. The van der Waals surface area contributed by atoms with E-state index in [0.717, 1.165) is 29.6 Å². The molecule has 0 amide bonds. The van der Waals surface area contributed by atoms with Gasteiger partial charge in [0.25, 0.3) is 0 Å². The van der Waals surface area contributed by atoms with Crippen molar-refractivity contribution in [1.82, 2.24) is 9.97 Å². The summed E-state index contributed by atoms with van der Waals surface area (Å²) in [5, 5.41) is 3.31. The van der Waals surface area contributed by atoms with Crippen molar-refractivity contribution >= 4 is 11.6 Å². The fourth-order valence-electron chi connectivity index (χ4n) is 2.12. The van der Waals surface area contributed by atoms with E-state index in [-0.39, 0.29) is 0 Å². The van der Waals surface area contributed by atoms with Crippen LogP contribution >= 0.6 is 0 Å². The van der Waals surface area contributed by atoms with E-state index in [0.29, 0.717) is 6.04 Å². The van der Waals surface area contributed by atoms with Crippen LogP contribution in [0.4, 0.5) is 11.6 Å². The molecule has 0 aromatic carbocycles. The van der Waals surface area contributed by atoms with Crippen molar-refractivity contribution in [1.29, 1.82) is 0 Å². The van der Waals surface area contributed by atoms with Crippen LogP contribution in [-0.2, 0) is 0 Å². The Morgan fingerprint density at radius 1 is 1.22 bits per heavy atom. The summed E-state index contributed by atoms with van der Waals surface area (Å²) in [5.41, 5.74) is 1.13. The number of aromatic nitrogens is 2. The quantitative estimate of drug-likeness (QED) is 0.842. The van der Waals surface area contributed by atoms with Gasteiger partial charge in [-0.15, -0.1) is 0 Å². The summed E-state index contributed by atoms with van der Waals surface area (Å²) in [6, 6.07) is 0.498. The number of hydrogen-bond donors (Lipinski definition) is 1. The summed E-state index contributed by atoms with van der Waals surface area (Å²) in [6.45, 7) is 11.5. The van der Waals surface area contributed by atoms with E-state index >= 15 is 0 Å². The van der Waals surface area contributed by atoms with Gasteiger partial charge in [0.15, 0.2) is 0 Å². The van der Waals surface area contributed by atoms with Crippen LogP contribution in [0.5, 0.6) is 0 Å². The zero-order valence-electron chi connectivity index (χ0n) is 12.5. The van der Waals surface area contributed by atoms with Gasteiger partial charge in [0, 0.05) is 25.2 Å². The fourth-order valence-corrected chi connectivity index (χ4v) is 2.12. The van der Waals surface area contributed by atoms with E-state index < -0.39 is 0 Å². The van der Waals surface area contributed by atoms with Gasteiger partial charge in [0.05, 0.1) is 0 Å². The highest BCUT2D eigenvalue weighted by atomic mass is 15.2. The molecule has 1 atom stereocenters. The SMILES string of the molecule is CCCC(C)N(C)c1nc(C)nc(NCC)c1C. The van der Waals surface area contributed by atoms with E-state index in [1.165, 1.54) is 12.8 Å². The molecule has 1 N–H and O–H groups in total. The molecular weight excluding hydrogens is 224 g/mol. The minimum absolute atomic E-state index is 0.498. The minimum Gasteiger partial charge on any atom is -0.370 e. The van der Waals surface area contributed by atoms with Crippen molar-refractivity contribution in [2.24, 2.45) is 0 Å². The lowest BCUT2D eigenvalue weighted by atomic mass is 10.1. The number of hydrogen-bond acceptors (Lipinski definition) is 4. The molecule has 4 heteroatoms. The van der Waals surface area contributed by atoms with Gasteiger partial charge in [-0.25, -0.2) is 9.97 Å². The largest absolute Gasteiger partial charge is 0.370 e. The van der Waals surface area contributed by atoms with Gasteiger partial charge >= 0.3 is 0 Å². The summed E-state index contributed by atoms with van der Waals surface area (Å²) in [4.78, 5) is 11.3. The second-order valence-corrected chi connectivity index (χ2v) is 4.85. The molecule has 0 spiro atoms. The second-order valence-electron chi connectivity index (χ2n) is 4.85. The first kappa shape index (κ1) is 14.7.